The summed E-state index contributed by atoms with van der Waals surface area (Å²) >= 11 is 0. The first kappa shape index (κ1) is 11.9. The topological polar surface area (TPSA) is 90.7 Å². The van der Waals surface area contributed by atoms with Gasteiger partial charge in [0.25, 0.3) is 5.91 Å². The van der Waals surface area contributed by atoms with Crippen molar-refractivity contribution in [3.05, 3.63) is 0 Å². The largest absolute Gasteiger partial charge is 0.369 e. The first-order chi connectivity index (χ1) is 5.90. The highest BCUT2D eigenvalue weighted by molar-refractivity contribution is 5.83. The Morgan fingerprint density at radius 3 is 2.38 bits per heavy atom. The van der Waals surface area contributed by atoms with Crippen LogP contribution in [0.15, 0.2) is 0 Å². The molecule has 0 aromatic rings. The van der Waals surface area contributed by atoms with Crippen molar-refractivity contribution in [2.24, 2.45) is 5.73 Å². The van der Waals surface area contributed by atoms with Crippen molar-refractivity contribution < 1.29 is 19.2 Å². The molecule has 0 rings (SSSR count). The maximum Gasteiger partial charge on any atom is 0.275 e. The lowest BCUT2D eigenvalue weighted by Gasteiger charge is -2.20. The van der Waals surface area contributed by atoms with Crippen molar-refractivity contribution in [2.45, 2.75) is 19.4 Å². The molecule has 0 aliphatic rings. The lowest BCUT2D eigenvalue weighted by atomic mass is 10.1. The van der Waals surface area contributed by atoms with Gasteiger partial charge in [0.1, 0.15) is 5.60 Å². The van der Waals surface area contributed by atoms with E-state index in [4.69, 9.17) is 10.5 Å². The SMILES string of the molecule is COC(C)(C)C(=O)NOCC(N)=O. The van der Waals surface area contributed by atoms with E-state index in [1.54, 1.807) is 13.8 Å². The Morgan fingerprint density at radius 1 is 1.46 bits per heavy atom. The van der Waals surface area contributed by atoms with Crippen molar-refractivity contribution >= 4 is 11.8 Å². The highest BCUT2D eigenvalue weighted by Crippen LogP contribution is 2.06. The van der Waals surface area contributed by atoms with E-state index >= 15 is 0 Å². The normalized spacial score (nSPS) is 11.0. The lowest BCUT2D eigenvalue weighted by molar-refractivity contribution is -0.154. The van der Waals surface area contributed by atoms with Crippen LogP contribution in [0.3, 0.4) is 0 Å². The molecule has 0 spiro atoms. The second kappa shape index (κ2) is 4.78. The van der Waals surface area contributed by atoms with Crippen molar-refractivity contribution in [1.29, 1.82) is 0 Å². The summed E-state index contributed by atoms with van der Waals surface area (Å²) in [6.07, 6.45) is 0. The van der Waals surface area contributed by atoms with Gasteiger partial charge in [0.05, 0.1) is 0 Å². The van der Waals surface area contributed by atoms with E-state index < -0.39 is 17.4 Å². The summed E-state index contributed by atoms with van der Waals surface area (Å²) in [7, 11) is 1.40. The zero-order chi connectivity index (χ0) is 10.5. The number of hydroxylamine groups is 1. The van der Waals surface area contributed by atoms with Gasteiger partial charge in [0.15, 0.2) is 6.61 Å². The summed E-state index contributed by atoms with van der Waals surface area (Å²) in [4.78, 5) is 25.9. The van der Waals surface area contributed by atoms with E-state index in [0.29, 0.717) is 0 Å². The van der Waals surface area contributed by atoms with Gasteiger partial charge < -0.3 is 10.5 Å². The van der Waals surface area contributed by atoms with E-state index in [0.717, 1.165) is 0 Å². The van der Waals surface area contributed by atoms with Crippen molar-refractivity contribution in [1.82, 2.24) is 5.48 Å². The quantitative estimate of drug-likeness (QED) is 0.541. The molecule has 0 heterocycles. The van der Waals surface area contributed by atoms with Gasteiger partial charge in [-0.15, -0.1) is 0 Å². The van der Waals surface area contributed by atoms with Crippen LogP contribution in [0.2, 0.25) is 0 Å². The Balaban J connectivity index is 3.81. The fraction of sp³-hybridized carbons (Fsp3) is 0.714. The number of nitrogens with one attached hydrogen (secondary N) is 1. The Morgan fingerprint density at radius 2 is 2.00 bits per heavy atom. The lowest BCUT2D eigenvalue weighted by Crippen LogP contribution is -2.44. The van der Waals surface area contributed by atoms with Crippen LogP contribution in [0.5, 0.6) is 0 Å². The number of hydrogen-bond donors (Lipinski definition) is 2. The smallest absolute Gasteiger partial charge is 0.275 e. The molecule has 0 saturated heterocycles. The molecule has 6 nitrogen and oxygen atoms in total. The van der Waals surface area contributed by atoms with E-state index in [1.807, 2.05) is 5.48 Å². The highest BCUT2D eigenvalue weighted by atomic mass is 16.7. The Hall–Kier alpha value is -1.14. The summed E-state index contributed by atoms with van der Waals surface area (Å²) in [6.45, 7) is 2.78. The minimum absolute atomic E-state index is 0.356. The number of rotatable bonds is 5. The van der Waals surface area contributed by atoms with Gasteiger partial charge in [-0.3, -0.25) is 14.4 Å². The second-order valence-corrected chi connectivity index (χ2v) is 2.90. The van der Waals surface area contributed by atoms with Gasteiger partial charge in [0, 0.05) is 7.11 Å². The van der Waals surface area contributed by atoms with Gasteiger partial charge in [-0.1, -0.05) is 0 Å². The number of carbonyl (C=O) groups excluding carboxylic acids is 2. The summed E-state index contributed by atoms with van der Waals surface area (Å²) < 4.78 is 4.85. The zero-order valence-corrected chi connectivity index (χ0v) is 7.92. The van der Waals surface area contributed by atoms with Crippen LogP contribution in [0.25, 0.3) is 0 Å². The fourth-order valence-corrected chi connectivity index (χ4v) is 0.388. The zero-order valence-electron chi connectivity index (χ0n) is 7.92. The van der Waals surface area contributed by atoms with Gasteiger partial charge in [0.2, 0.25) is 5.91 Å². The minimum Gasteiger partial charge on any atom is -0.369 e. The maximum absolute atomic E-state index is 11.2. The average Bonchev–Trinajstić information content (AvgIpc) is 2.03. The molecule has 76 valence electrons. The molecule has 0 aromatic heterocycles. The van der Waals surface area contributed by atoms with Crippen LogP contribution in [0.1, 0.15) is 13.8 Å². The minimum atomic E-state index is -0.988. The molecule has 0 unspecified atom stereocenters. The molecule has 6 heteroatoms. The number of methoxy groups -OCH3 is 1. The van der Waals surface area contributed by atoms with Crippen LogP contribution in [-0.4, -0.2) is 31.1 Å². The molecule has 13 heavy (non-hydrogen) atoms. The number of hydrogen-bond acceptors (Lipinski definition) is 4. The molecule has 0 radical (unpaired) electrons. The molecule has 0 aliphatic carbocycles. The Kier molecular flexibility index (Phi) is 4.36. The number of primary amides is 1. The number of carbonyl (C=O) groups is 2. The van der Waals surface area contributed by atoms with E-state index in [-0.39, 0.29) is 6.61 Å². The molecule has 0 aromatic carbocycles. The summed E-state index contributed by atoms with van der Waals surface area (Å²) in [5.41, 5.74) is 5.83. The first-order valence-electron chi connectivity index (χ1n) is 3.66. The third-order valence-electron chi connectivity index (χ3n) is 1.44. The van der Waals surface area contributed by atoms with Crippen LogP contribution in [0.4, 0.5) is 0 Å². The average molecular weight is 190 g/mol. The molecule has 0 saturated carbocycles. The van der Waals surface area contributed by atoms with Gasteiger partial charge in [-0.2, -0.15) is 0 Å². The summed E-state index contributed by atoms with van der Waals surface area (Å²) in [5, 5.41) is 0. The van der Waals surface area contributed by atoms with Gasteiger partial charge in [-0.25, -0.2) is 5.48 Å². The predicted octanol–water partition coefficient (Wildman–Crippen LogP) is -1.06. The van der Waals surface area contributed by atoms with Gasteiger partial charge in [-0.05, 0) is 13.8 Å². The Bertz CT molecular complexity index is 203. The second-order valence-electron chi connectivity index (χ2n) is 2.90. The molecule has 0 fully saturated rings. The van der Waals surface area contributed by atoms with Crippen molar-refractivity contribution in [3.8, 4) is 0 Å². The molecule has 0 bridgehead atoms. The summed E-state index contributed by atoms with van der Waals surface area (Å²) in [6, 6.07) is 0. The van der Waals surface area contributed by atoms with E-state index in [2.05, 4.69) is 4.84 Å². The molecular formula is C7H14N2O4. The molecule has 2 amide bonds. The number of amides is 2. The third-order valence-corrected chi connectivity index (χ3v) is 1.44. The van der Waals surface area contributed by atoms with Crippen molar-refractivity contribution in [2.75, 3.05) is 13.7 Å². The number of ether oxygens (including phenoxy) is 1. The van der Waals surface area contributed by atoms with E-state index in [9.17, 15) is 9.59 Å². The van der Waals surface area contributed by atoms with Crippen LogP contribution >= 0.6 is 0 Å². The molecular weight excluding hydrogens is 176 g/mol. The molecule has 0 aliphatic heterocycles. The van der Waals surface area contributed by atoms with E-state index in [1.165, 1.54) is 7.11 Å². The molecule has 3 N–H and O–H groups in total. The first-order valence-corrected chi connectivity index (χ1v) is 3.66. The standard InChI is InChI=1S/C7H14N2O4/c1-7(2,12-3)6(11)9-13-4-5(8)10/h4H2,1-3H3,(H2,8,10)(H,9,11). The monoisotopic (exact) mass is 190 g/mol. The van der Waals surface area contributed by atoms with Crippen molar-refractivity contribution in [3.63, 3.8) is 0 Å². The summed E-state index contributed by atoms with van der Waals surface area (Å²) in [5.74, 6) is -1.13. The Labute approximate surface area is 76.3 Å². The predicted molar refractivity (Wildman–Crippen MR) is 44.4 cm³/mol. The van der Waals surface area contributed by atoms with Crippen LogP contribution in [0, 0.1) is 0 Å². The van der Waals surface area contributed by atoms with Crippen LogP contribution < -0.4 is 11.2 Å². The fourth-order valence-electron chi connectivity index (χ4n) is 0.388. The molecule has 0 atom stereocenters. The van der Waals surface area contributed by atoms with Gasteiger partial charge >= 0.3 is 0 Å². The third kappa shape index (κ3) is 4.44. The maximum atomic E-state index is 11.2. The highest BCUT2D eigenvalue weighted by Gasteiger charge is 2.27. The number of nitrogens with two attached hydrogens (primary N) is 1. The van der Waals surface area contributed by atoms with Crippen LogP contribution in [-0.2, 0) is 19.2 Å².